The summed E-state index contributed by atoms with van der Waals surface area (Å²) >= 11 is 1.77. The number of rotatable bonds is 7. The Morgan fingerprint density at radius 2 is 1.39 bits per heavy atom. The molecule has 0 bridgehead atoms. The summed E-state index contributed by atoms with van der Waals surface area (Å²) in [6.45, 7) is 4.93. The molecule has 0 atom stereocenters. The molecule has 3 rings (SSSR count). The van der Waals surface area contributed by atoms with Gasteiger partial charge in [-0.05, 0) is 17.5 Å². The normalized spacial score (nSPS) is 11.0. The van der Waals surface area contributed by atoms with E-state index in [1.54, 1.807) is 11.3 Å². The van der Waals surface area contributed by atoms with Gasteiger partial charge in [-0.3, -0.25) is 4.90 Å². The first-order chi connectivity index (χ1) is 11.3. The lowest BCUT2D eigenvalue weighted by Gasteiger charge is -2.21. The third-order valence-corrected chi connectivity index (χ3v) is 4.83. The number of aromatic nitrogens is 1. The third-order valence-electron chi connectivity index (χ3n) is 3.79. The van der Waals surface area contributed by atoms with E-state index < -0.39 is 0 Å². The van der Waals surface area contributed by atoms with Crippen LogP contribution in [0.2, 0.25) is 0 Å². The Morgan fingerprint density at radius 3 is 1.87 bits per heavy atom. The van der Waals surface area contributed by atoms with Crippen LogP contribution in [0.5, 0.6) is 0 Å². The Morgan fingerprint density at radius 1 is 0.826 bits per heavy atom. The maximum atomic E-state index is 4.73. The number of hydrogen-bond acceptors (Lipinski definition) is 3. The fourth-order valence-electron chi connectivity index (χ4n) is 2.66. The summed E-state index contributed by atoms with van der Waals surface area (Å²) in [5.74, 6) is 0. The Bertz CT molecular complexity index is 665. The van der Waals surface area contributed by atoms with Crippen molar-refractivity contribution in [3.05, 3.63) is 87.9 Å². The number of thiazole rings is 1. The highest BCUT2D eigenvalue weighted by atomic mass is 32.1. The van der Waals surface area contributed by atoms with Gasteiger partial charge in [0, 0.05) is 25.0 Å². The topological polar surface area (TPSA) is 16.1 Å². The van der Waals surface area contributed by atoms with Gasteiger partial charge in [-0.15, -0.1) is 11.3 Å². The number of nitrogens with zero attached hydrogens (tertiary/aromatic N) is 2. The smallest absolute Gasteiger partial charge is 0.0926 e. The molecule has 0 N–H and O–H groups in total. The Balaban J connectivity index is 1.74. The van der Waals surface area contributed by atoms with E-state index in [0.717, 1.165) is 26.1 Å². The van der Waals surface area contributed by atoms with Crippen LogP contribution >= 0.6 is 11.3 Å². The van der Waals surface area contributed by atoms with E-state index in [0.29, 0.717) is 0 Å². The molecule has 0 aliphatic heterocycles. The summed E-state index contributed by atoms with van der Waals surface area (Å²) in [4.78, 5) is 7.19. The Hall–Kier alpha value is -1.97. The molecule has 0 aliphatic carbocycles. The average molecular weight is 322 g/mol. The highest BCUT2D eigenvalue weighted by molar-refractivity contribution is 7.09. The van der Waals surface area contributed by atoms with Crippen LogP contribution < -0.4 is 0 Å². The Kier molecular flexibility index (Phi) is 5.56. The summed E-state index contributed by atoms with van der Waals surface area (Å²) < 4.78 is 0. The van der Waals surface area contributed by atoms with Crippen molar-refractivity contribution in [1.82, 2.24) is 9.88 Å². The molecule has 2 aromatic carbocycles. The molecule has 0 radical (unpaired) electrons. The van der Waals surface area contributed by atoms with Crippen LogP contribution in [0.25, 0.3) is 0 Å². The van der Waals surface area contributed by atoms with Crippen LogP contribution in [0, 0.1) is 0 Å². The summed E-state index contributed by atoms with van der Waals surface area (Å²) in [5.41, 5.74) is 3.86. The summed E-state index contributed by atoms with van der Waals surface area (Å²) in [5, 5.41) is 3.42. The molecule has 0 aliphatic rings. The predicted octanol–water partition coefficient (Wildman–Crippen LogP) is 4.91. The summed E-state index contributed by atoms with van der Waals surface area (Å²) in [6, 6.07) is 21.3. The van der Waals surface area contributed by atoms with E-state index in [1.165, 1.54) is 21.8 Å². The molecule has 3 heteroatoms. The summed E-state index contributed by atoms with van der Waals surface area (Å²) in [6.07, 6.45) is 1.02. The average Bonchev–Trinajstić information content (AvgIpc) is 3.04. The van der Waals surface area contributed by atoms with Crippen LogP contribution in [0.3, 0.4) is 0 Å². The largest absolute Gasteiger partial charge is 0.289 e. The van der Waals surface area contributed by atoms with Crippen LogP contribution in [0.4, 0.5) is 0 Å². The molecule has 0 fully saturated rings. The van der Waals surface area contributed by atoms with Crippen molar-refractivity contribution >= 4 is 11.3 Å². The van der Waals surface area contributed by atoms with E-state index in [9.17, 15) is 0 Å². The minimum absolute atomic E-state index is 0.889. The van der Waals surface area contributed by atoms with Crippen molar-refractivity contribution in [1.29, 1.82) is 0 Å². The van der Waals surface area contributed by atoms with Crippen molar-refractivity contribution in [2.45, 2.75) is 33.0 Å². The molecule has 1 heterocycles. The zero-order chi connectivity index (χ0) is 15.9. The van der Waals surface area contributed by atoms with Crippen LogP contribution in [0.15, 0.2) is 66.0 Å². The molecule has 0 amide bonds. The molecule has 2 nitrogen and oxygen atoms in total. The van der Waals surface area contributed by atoms with Crippen molar-refractivity contribution in [3.63, 3.8) is 0 Å². The SMILES string of the molecule is CCc1nc(CN(Cc2ccccc2)Cc2ccccc2)cs1. The van der Waals surface area contributed by atoms with Crippen molar-refractivity contribution in [2.75, 3.05) is 0 Å². The first-order valence-electron chi connectivity index (χ1n) is 8.07. The molecule has 0 unspecified atom stereocenters. The van der Waals surface area contributed by atoms with Gasteiger partial charge < -0.3 is 0 Å². The van der Waals surface area contributed by atoms with Gasteiger partial charge in [0.15, 0.2) is 0 Å². The second-order valence-electron chi connectivity index (χ2n) is 5.70. The van der Waals surface area contributed by atoms with Gasteiger partial charge in [0.2, 0.25) is 0 Å². The molecular formula is C20H22N2S. The zero-order valence-corrected chi connectivity index (χ0v) is 14.3. The van der Waals surface area contributed by atoms with Crippen molar-refractivity contribution in [3.8, 4) is 0 Å². The van der Waals surface area contributed by atoms with E-state index in [-0.39, 0.29) is 0 Å². The minimum atomic E-state index is 0.889. The van der Waals surface area contributed by atoms with Gasteiger partial charge in [-0.2, -0.15) is 0 Å². The van der Waals surface area contributed by atoms with Crippen LogP contribution in [-0.2, 0) is 26.1 Å². The standard InChI is InChI=1S/C20H22N2S/c1-2-20-21-19(16-23-20)15-22(13-17-9-5-3-6-10-17)14-18-11-7-4-8-12-18/h3-12,16H,2,13-15H2,1H3. The monoisotopic (exact) mass is 322 g/mol. The van der Waals surface area contributed by atoms with Gasteiger partial charge in [0.05, 0.1) is 10.7 Å². The predicted molar refractivity (Wildman–Crippen MR) is 97.3 cm³/mol. The molecule has 118 valence electrons. The van der Waals surface area contributed by atoms with Gasteiger partial charge in [0.1, 0.15) is 0 Å². The van der Waals surface area contributed by atoms with E-state index >= 15 is 0 Å². The highest BCUT2D eigenvalue weighted by Gasteiger charge is 2.10. The second kappa shape index (κ2) is 8.04. The molecular weight excluding hydrogens is 300 g/mol. The van der Waals surface area contributed by atoms with Crippen molar-refractivity contribution < 1.29 is 0 Å². The maximum absolute atomic E-state index is 4.73. The lowest BCUT2D eigenvalue weighted by molar-refractivity contribution is 0.245. The quantitative estimate of drug-likeness (QED) is 0.614. The van der Waals surface area contributed by atoms with E-state index in [2.05, 4.69) is 77.9 Å². The molecule has 0 saturated carbocycles. The first-order valence-corrected chi connectivity index (χ1v) is 8.95. The fraction of sp³-hybridized carbons (Fsp3) is 0.250. The molecule has 23 heavy (non-hydrogen) atoms. The number of benzene rings is 2. The van der Waals surface area contributed by atoms with Crippen LogP contribution in [-0.4, -0.2) is 9.88 Å². The second-order valence-corrected chi connectivity index (χ2v) is 6.65. The first kappa shape index (κ1) is 15.9. The van der Waals surface area contributed by atoms with E-state index in [1.807, 2.05) is 0 Å². The van der Waals surface area contributed by atoms with Gasteiger partial charge in [-0.1, -0.05) is 67.6 Å². The van der Waals surface area contributed by atoms with Gasteiger partial charge in [0.25, 0.3) is 0 Å². The molecule has 0 saturated heterocycles. The van der Waals surface area contributed by atoms with E-state index in [4.69, 9.17) is 4.98 Å². The molecule has 3 aromatic rings. The fourth-order valence-corrected chi connectivity index (χ4v) is 3.40. The van der Waals surface area contributed by atoms with Crippen molar-refractivity contribution in [2.24, 2.45) is 0 Å². The van der Waals surface area contributed by atoms with Gasteiger partial charge >= 0.3 is 0 Å². The Labute approximate surface area is 142 Å². The lowest BCUT2D eigenvalue weighted by atomic mass is 10.1. The molecule has 0 spiro atoms. The van der Waals surface area contributed by atoms with Gasteiger partial charge in [-0.25, -0.2) is 4.98 Å². The zero-order valence-electron chi connectivity index (χ0n) is 13.5. The molecule has 1 aromatic heterocycles. The highest BCUT2D eigenvalue weighted by Crippen LogP contribution is 2.16. The number of aryl methyl sites for hydroxylation is 1. The lowest BCUT2D eigenvalue weighted by Crippen LogP contribution is -2.22. The summed E-state index contributed by atoms with van der Waals surface area (Å²) in [7, 11) is 0. The van der Waals surface area contributed by atoms with Crippen LogP contribution in [0.1, 0.15) is 28.8 Å². The minimum Gasteiger partial charge on any atom is -0.289 e. The third kappa shape index (κ3) is 4.75. The number of hydrogen-bond donors (Lipinski definition) is 0. The maximum Gasteiger partial charge on any atom is 0.0926 e.